The van der Waals surface area contributed by atoms with Gasteiger partial charge in [-0.05, 0) is 56.3 Å². The molecule has 0 unspecified atom stereocenters. The lowest BCUT2D eigenvalue weighted by Crippen LogP contribution is -2.38. The van der Waals surface area contributed by atoms with Crippen LogP contribution >= 0.6 is 0 Å². The number of nitrogens with one attached hydrogen (secondary N) is 2. The number of ether oxygens (including phenoxy) is 1. The predicted octanol–water partition coefficient (Wildman–Crippen LogP) is 3.05. The first-order chi connectivity index (χ1) is 13.1. The molecule has 5 heteroatoms. The van der Waals surface area contributed by atoms with E-state index in [4.69, 9.17) is 9.73 Å². The molecule has 0 saturated carbocycles. The van der Waals surface area contributed by atoms with Gasteiger partial charge in [-0.2, -0.15) is 0 Å². The summed E-state index contributed by atoms with van der Waals surface area (Å²) in [7, 11) is 5.85. The molecule has 0 heterocycles. The molecule has 0 aliphatic heterocycles. The lowest BCUT2D eigenvalue weighted by Gasteiger charge is -2.12. The molecule has 0 amide bonds. The Morgan fingerprint density at radius 3 is 2.15 bits per heavy atom. The van der Waals surface area contributed by atoms with Gasteiger partial charge >= 0.3 is 0 Å². The Hall–Kier alpha value is -2.53. The lowest BCUT2D eigenvalue weighted by molar-refractivity contribution is 0.402. The van der Waals surface area contributed by atoms with Gasteiger partial charge in [0.15, 0.2) is 5.96 Å². The molecule has 0 aromatic heterocycles. The minimum atomic E-state index is 0.667. The quantitative estimate of drug-likeness (QED) is 0.528. The summed E-state index contributed by atoms with van der Waals surface area (Å²) < 4.78 is 5.20. The van der Waals surface area contributed by atoms with Crippen LogP contribution in [0.1, 0.15) is 23.6 Å². The fraction of sp³-hybridized carbons (Fsp3) is 0.409. The Morgan fingerprint density at radius 2 is 1.56 bits per heavy atom. The number of hydrogen-bond acceptors (Lipinski definition) is 3. The van der Waals surface area contributed by atoms with Crippen molar-refractivity contribution in [2.75, 3.05) is 34.3 Å². The van der Waals surface area contributed by atoms with Gasteiger partial charge < -0.3 is 20.3 Å². The number of benzene rings is 2. The lowest BCUT2D eigenvalue weighted by atomic mass is 10.1. The van der Waals surface area contributed by atoms with E-state index >= 15 is 0 Å². The maximum atomic E-state index is 5.20. The zero-order valence-corrected chi connectivity index (χ0v) is 17.0. The van der Waals surface area contributed by atoms with Gasteiger partial charge in [0.1, 0.15) is 5.75 Å². The van der Waals surface area contributed by atoms with E-state index in [1.807, 2.05) is 12.1 Å². The summed E-state index contributed by atoms with van der Waals surface area (Å²) in [6.45, 7) is 5.38. The van der Waals surface area contributed by atoms with Crippen molar-refractivity contribution >= 4 is 5.96 Å². The van der Waals surface area contributed by atoms with Gasteiger partial charge in [-0.25, -0.2) is 4.99 Å². The summed E-state index contributed by atoms with van der Waals surface area (Å²) in [5, 5.41) is 6.71. The van der Waals surface area contributed by atoms with Crippen molar-refractivity contribution in [3.63, 3.8) is 0 Å². The molecule has 0 saturated heterocycles. The van der Waals surface area contributed by atoms with Crippen molar-refractivity contribution in [3.05, 3.63) is 65.2 Å². The molecule has 27 heavy (non-hydrogen) atoms. The molecule has 0 radical (unpaired) electrons. The van der Waals surface area contributed by atoms with E-state index in [-0.39, 0.29) is 0 Å². The van der Waals surface area contributed by atoms with Gasteiger partial charge in [0, 0.05) is 19.6 Å². The number of guanidine groups is 1. The number of hydrogen-bond donors (Lipinski definition) is 2. The van der Waals surface area contributed by atoms with Gasteiger partial charge in [-0.1, -0.05) is 36.4 Å². The van der Waals surface area contributed by atoms with Crippen molar-refractivity contribution in [1.82, 2.24) is 15.5 Å². The van der Waals surface area contributed by atoms with Crippen LogP contribution in [-0.2, 0) is 19.5 Å². The van der Waals surface area contributed by atoms with Gasteiger partial charge in [-0.15, -0.1) is 0 Å². The van der Waals surface area contributed by atoms with Gasteiger partial charge in [-0.3, -0.25) is 0 Å². The van der Waals surface area contributed by atoms with Gasteiger partial charge in [0.25, 0.3) is 0 Å². The van der Waals surface area contributed by atoms with Crippen LogP contribution in [0.15, 0.2) is 53.5 Å². The molecule has 2 aromatic carbocycles. The smallest absolute Gasteiger partial charge is 0.191 e. The summed E-state index contributed by atoms with van der Waals surface area (Å²) in [6.07, 6.45) is 0.938. The molecule has 0 aliphatic rings. The molecular weight excluding hydrogens is 336 g/mol. The van der Waals surface area contributed by atoms with Crippen molar-refractivity contribution in [1.29, 1.82) is 0 Å². The highest BCUT2D eigenvalue weighted by Crippen LogP contribution is 2.11. The van der Waals surface area contributed by atoms with Gasteiger partial charge in [0.2, 0.25) is 0 Å². The van der Waals surface area contributed by atoms with E-state index in [1.54, 1.807) is 7.11 Å². The molecule has 5 nitrogen and oxygen atoms in total. The first-order valence-corrected chi connectivity index (χ1v) is 9.48. The maximum absolute atomic E-state index is 5.20. The Labute approximate surface area is 163 Å². The third-order valence-electron chi connectivity index (χ3n) is 4.15. The monoisotopic (exact) mass is 368 g/mol. The molecule has 0 aliphatic carbocycles. The fourth-order valence-electron chi connectivity index (χ4n) is 2.74. The Bertz CT molecular complexity index is 693. The molecule has 146 valence electrons. The van der Waals surface area contributed by atoms with Crippen LogP contribution in [0.25, 0.3) is 0 Å². The van der Waals surface area contributed by atoms with E-state index in [9.17, 15) is 0 Å². The summed E-state index contributed by atoms with van der Waals surface area (Å²) in [5.41, 5.74) is 3.80. The fourth-order valence-corrected chi connectivity index (χ4v) is 2.74. The highest BCUT2D eigenvalue weighted by Gasteiger charge is 2.00. The second-order valence-corrected chi connectivity index (χ2v) is 6.77. The van der Waals surface area contributed by atoms with E-state index in [2.05, 4.69) is 73.0 Å². The Kier molecular flexibility index (Phi) is 8.65. The Balaban J connectivity index is 1.85. The van der Waals surface area contributed by atoms with Crippen LogP contribution in [0.5, 0.6) is 5.75 Å². The Morgan fingerprint density at radius 1 is 0.926 bits per heavy atom. The molecule has 0 bridgehead atoms. The summed E-state index contributed by atoms with van der Waals surface area (Å²) in [4.78, 5) is 6.87. The van der Waals surface area contributed by atoms with Crippen LogP contribution in [0.4, 0.5) is 0 Å². The highest BCUT2D eigenvalue weighted by atomic mass is 16.5. The standard InChI is InChI=1S/C22H32N4O/c1-5-23-22(24-15-14-18-10-12-21(27-4)13-11-18)25-16-19-6-8-20(9-7-19)17-26(2)3/h6-13H,5,14-17H2,1-4H3,(H2,23,24,25). The minimum absolute atomic E-state index is 0.667. The molecule has 0 fully saturated rings. The van der Waals surface area contributed by atoms with E-state index in [0.29, 0.717) is 6.54 Å². The zero-order chi connectivity index (χ0) is 19.5. The molecule has 2 aromatic rings. The van der Waals surface area contributed by atoms with Crippen molar-refractivity contribution in [2.45, 2.75) is 26.4 Å². The third-order valence-corrected chi connectivity index (χ3v) is 4.15. The normalized spacial score (nSPS) is 11.5. The van der Waals surface area contributed by atoms with E-state index in [0.717, 1.165) is 37.8 Å². The highest BCUT2D eigenvalue weighted by molar-refractivity contribution is 5.79. The van der Waals surface area contributed by atoms with Crippen molar-refractivity contribution < 1.29 is 4.74 Å². The van der Waals surface area contributed by atoms with Crippen LogP contribution in [0, 0.1) is 0 Å². The molecular formula is C22H32N4O. The number of rotatable bonds is 9. The van der Waals surface area contributed by atoms with Gasteiger partial charge in [0.05, 0.1) is 13.7 Å². The predicted molar refractivity (Wildman–Crippen MR) is 113 cm³/mol. The first-order valence-electron chi connectivity index (χ1n) is 9.48. The van der Waals surface area contributed by atoms with Crippen LogP contribution in [0.2, 0.25) is 0 Å². The maximum Gasteiger partial charge on any atom is 0.191 e. The number of aliphatic imine (C=N–C) groups is 1. The average Bonchev–Trinajstić information content (AvgIpc) is 2.67. The number of nitrogens with zero attached hydrogens (tertiary/aromatic N) is 2. The average molecular weight is 369 g/mol. The van der Waals surface area contributed by atoms with E-state index in [1.165, 1.54) is 16.7 Å². The largest absolute Gasteiger partial charge is 0.497 e. The van der Waals surface area contributed by atoms with E-state index < -0.39 is 0 Å². The molecule has 0 spiro atoms. The molecule has 2 N–H and O–H groups in total. The molecule has 0 atom stereocenters. The van der Waals surface area contributed by atoms with Crippen LogP contribution in [0.3, 0.4) is 0 Å². The second-order valence-electron chi connectivity index (χ2n) is 6.77. The molecule has 2 rings (SSSR count). The second kappa shape index (κ2) is 11.2. The third kappa shape index (κ3) is 7.71. The van der Waals surface area contributed by atoms with Crippen molar-refractivity contribution in [3.8, 4) is 5.75 Å². The van der Waals surface area contributed by atoms with Crippen LogP contribution < -0.4 is 15.4 Å². The summed E-state index contributed by atoms with van der Waals surface area (Å²) >= 11 is 0. The van der Waals surface area contributed by atoms with Crippen LogP contribution in [-0.4, -0.2) is 45.2 Å². The number of methoxy groups -OCH3 is 1. The SMILES string of the molecule is CCNC(=NCc1ccc(CN(C)C)cc1)NCCc1ccc(OC)cc1. The first kappa shape index (κ1) is 20.8. The summed E-state index contributed by atoms with van der Waals surface area (Å²) in [6, 6.07) is 16.8. The minimum Gasteiger partial charge on any atom is -0.497 e. The topological polar surface area (TPSA) is 48.9 Å². The summed E-state index contributed by atoms with van der Waals surface area (Å²) in [5.74, 6) is 1.74. The van der Waals surface area contributed by atoms with Crippen molar-refractivity contribution in [2.24, 2.45) is 4.99 Å². The zero-order valence-electron chi connectivity index (χ0n) is 17.0.